The van der Waals surface area contributed by atoms with Crippen LogP contribution in [0.2, 0.25) is 5.02 Å². The summed E-state index contributed by atoms with van der Waals surface area (Å²) in [6, 6.07) is 5.29. The standard InChI is InChI=1S/C12H15BrClN3O.ClH/c13-8-3-4-11(10(14)6-8)16-12(18)17-5-1-2-9(15)7-17;/h3-4,6,9H,1-2,5,7,15H2,(H,16,18);1H. The Balaban J connectivity index is 0.00000180. The molecular weight excluding hydrogens is 353 g/mol. The maximum Gasteiger partial charge on any atom is 0.321 e. The summed E-state index contributed by atoms with van der Waals surface area (Å²) >= 11 is 9.38. The van der Waals surface area contributed by atoms with Gasteiger partial charge in [-0.2, -0.15) is 0 Å². The molecule has 2 amide bonds. The zero-order valence-corrected chi connectivity index (χ0v) is 13.4. The molecule has 0 aliphatic carbocycles. The fraction of sp³-hybridized carbons (Fsp3) is 0.417. The third-order valence-electron chi connectivity index (χ3n) is 2.92. The molecule has 1 unspecified atom stereocenters. The lowest BCUT2D eigenvalue weighted by atomic mass is 10.1. The van der Waals surface area contributed by atoms with Crippen LogP contribution in [0.1, 0.15) is 12.8 Å². The summed E-state index contributed by atoms with van der Waals surface area (Å²) in [6.45, 7) is 1.34. The molecule has 3 N–H and O–H groups in total. The molecule has 4 nitrogen and oxygen atoms in total. The lowest BCUT2D eigenvalue weighted by Gasteiger charge is -2.30. The van der Waals surface area contributed by atoms with Gasteiger partial charge in [0.05, 0.1) is 10.7 Å². The monoisotopic (exact) mass is 367 g/mol. The predicted octanol–water partition coefficient (Wildman–Crippen LogP) is 3.48. The smallest absolute Gasteiger partial charge is 0.321 e. The van der Waals surface area contributed by atoms with Crippen molar-refractivity contribution < 1.29 is 4.79 Å². The highest BCUT2D eigenvalue weighted by Crippen LogP contribution is 2.26. The van der Waals surface area contributed by atoms with Gasteiger partial charge < -0.3 is 16.0 Å². The Kier molecular flexibility index (Phi) is 6.39. The van der Waals surface area contributed by atoms with Crippen LogP contribution in [0.3, 0.4) is 0 Å². The Hall–Kier alpha value is -0.490. The zero-order valence-electron chi connectivity index (χ0n) is 10.2. The Morgan fingerprint density at radius 2 is 2.26 bits per heavy atom. The Bertz CT molecular complexity index is 459. The first-order chi connectivity index (χ1) is 8.56. The van der Waals surface area contributed by atoms with Gasteiger partial charge in [0.1, 0.15) is 0 Å². The molecule has 1 aliphatic rings. The first kappa shape index (κ1) is 16.6. The molecule has 1 atom stereocenters. The largest absolute Gasteiger partial charge is 0.326 e. The van der Waals surface area contributed by atoms with Crippen LogP contribution < -0.4 is 11.1 Å². The minimum atomic E-state index is -0.144. The molecule has 0 aromatic heterocycles. The highest BCUT2D eigenvalue weighted by Gasteiger charge is 2.21. The van der Waals surface area contributed by atoms with Gasteiger partial charge in [0.2, 0.25) is 0 Å². The number of nitrogens with two attached hydrogens (primary N) is 1. The molecule has 106 valence electrons. The van der Waals surface area contributed by atoms with Crippen LogP contribution in [0, 0.1) is 0 Å². The maximum atomic E-state index is 12.0. The molecule has 19 heavy (non-hydrogen) atoms. The van der Waals surface area contributed by atoms with E-state index in [1.54, 1.807) is 17.0 Å². The third-order valence-corrected chi connectivity index (χ3v) is 3.72. The molecule has 1 aromatic carbocycles. The van der Waals surface area contributed by atoms with E-state index in [4.69, 9.17) is 17.3 Å². The van der Waals surface area contributed by atoms with Crippen molar-refractivity contribution in [3.05, 3.63) is 27.7 Å². The summed E-state index contributed by atoms with van der Waals surface area (Å²) in [6.07, 6.45) is 1.92. The molecule has 0 spiro atoms. The number of benzene rings is 1. The second-order valence-corrected chi connectivity index (χ2v) is 5.73. The van der Waals surface area contributed by atoms with Crippen molar-refractivity contribution >= 4 is 51.7 Å². The van der Waals surface area contributed by atoms with E-state index in [1.165, 1.54) is 0 Å². The summed E-state index contributed by atoms with van der Waals surface area (Å²) < 4.78 is 0.880. The fourth-order valence-electron chi connectivity index (χ4n) is 1.98. The number of nitrogens with zero attached hydrogens (tertiary/aromatic N) is 1. The van der Waals surface area contributed by atoms with Gasteiger partial charge in [-0.25, -0.2) is 4.79 Å². The average molecular weight is 369 g/mol. The number of likely N-dealkylation sites (tertiary alicyclic amines) is 1. The van der Waals surface area contributed by atoms with Gasteiger partial charge >= 0.3 is 6.03 Å². The topological polar surface area (TPSA) is 58.4 Å². The van der Waals surface area contributed by atoms with Crippen molar-refractivity contribution in [2.45, 2.75) is 18.9 Å². The van der Waals surface area contributed by atoms with Crippen LogP contribution in [0.5, 0.6) is 0 Å². The number of carbonyl (C=O) groups is 1. The van der Waals surface area contributed by atoms with Crippen LogP contribution in [-0.2, 0) is 0 Å². The van der Waals surface area contributed by atoms with Crippen molar-refractivity contribution in [1.29, 1.82) is 0 Å². The fourth-order valence-corrected chi connectivity index (χ4v) is 2.70. The number of carbonyl (C=O) groups excluding carboxylic acids is 1. The van der Waals surface area contributed by atoms with E-state index in [-0.39, 0.29) is 24.5 Å². The number of hydrogen-bond acceptors (Lipinski definition) is 2. The molecule has 2 rings (SSSR count). The Labute approximate surface area is 132 Å². The third kappa shape index (κ3) is 4.53. The second-order valence-electron chi connectivity index (χ2n) is 4.40. The van der Waals surface area contributed by atoms with Gasteiger partial charge in [0.25, 0.3) is 0 Å². The van der Waals surface area contributed by atoms with Crippen molar-refractivity contribution in [2.75, 3.05) is 18.4 Å². The Morgan fingerprint density at radius 3 is 2.89 bits per heavy atom. The SMILES string of the molecule is Cl.NC1CCCN(C(=O)Nc2ccc(Br)cc2Cl)C1. The molecule has 1 fully saturated rings. The Morgan fingerprint density at radius 1 is 1.53 bits per heavy atom. The predicted molar refractivity (Wildman–Crippen MR) is 84.2 cm³/mol. The quantitative estimate of drug-likeness (QED) is 0.797. The number of amides is 2. The molecule has 0 saturated carbocycles. The molecule has 1 aliphatic heterocycles. The van der Waals surface area contributed by atoms with Gasteiger partial charge in [-0.15, -0.1) is 12.4 Å². The number of hydrogen-bond donors (Lipinski definition) is 2. The van der Waals surface area contributed by atoms with Crippen molar-refractivity contribution in [1.82, 2.24) is 4.90 Å². The van der Waals surface area contributed by atoms with E-state index in [2.05, 4.69) is 21.2 Å². The van der Waals surface area contributed by atoms with E-state index in [0.29, 0.717) is 17.3 Å². The zero-order chi connectivity index (χ0) is 13.1. The van der Waals surface area contributed by atoms with Crippen LogP contribution in [-0.4, -0.2) is 30.1 Å². The van der Waals surface area contributed by atoms with Crippen LogP contribution in [0.25, 0.3) is 0 Å². The van der Waals surface area contributed by atoms with E-state index in [1.807, 2.05) is 6.07 Å². The molecule has 1 aromatic rings. The second kappa shape index (κ2) is 7.33. The van der Waals surface area contributed by atoms with E-state index >= 15 is 0 Å². The number of piperidine rings is 1. The normalized spacial score (nSPS) is 18.7. The van der Waals surface area contributed by atoms with Crippen molar-refractivity contribution in [2.24, 2.45) is 5.73 Å². The summed E-state index contributed by atoms with van der Waals surface area (Å²) in [4.78, 5) is 13.8. The summed E-state index contributed by atoms with van der Waals surface area (Å²) in [7, 11) is 0. The molecule has 0 radical (unpaired) electrons. The number of halogens is 3. The van der Waals surface area contributed by atoms with Crippen molar-refractivity contribution in [3.63, 3.8) is 0 Å². The first-order valence-electron chi connectivity index (χ1n) is 5.83. The number of anilines is 1. The maximum absolute atomic E-state index is 12.0. The molecule has 0 bridgehead atoms. The van der Waals surface area contributed by atoms with Crippen LogP contribution >= 0.6 is 39.9 Å². The number of urea groups is 1. The summed E-state index contributed by atoms with van der Waals surface area (Å²) in [5, 5.41) is 3.32. The molecule has 1 heterocycles. The van der Waals surface area contributed by atoms with E-state index < -0.39 is 0 Å². The number of nitrogens with one attached hydrogen (secondary N) is 1. The highest BCUT2D eigenvalue weighted by atomic mass is 79.9. The minimum absolute atomic E-state index is 0. The average Bonchev–Trinajstić information content (AvgIpc) is 2.32. The van der Waals surface area contributed by atoms with Gasteiger partial charge in [-0.3, -0.25) is 0 Å². The van der Waals surface area contributed by atoms with Crippen molar-refractivity contribution in [3.8, 4) is 0 Å². The van der Waals surface area contributed by atoms with Gasteiger partial charge in [0, 0.05) is 23.6 Å². The highest BCUT2D eigenvalue weighted by molar-refractivity contribution is 9.10. The lowest BCUT2D eigenvalue weighted by molar-refractivity contribution is 0.193. The molecule has 7 heteroatoms. The van der Waals surface area contributed by atoms with Gasteiger partial charge in [-0.05, 0) is 31.0 Å². The van der Waals surface area contributed by atoms with Gasteiger partial charge in [-0.1, -0.05) is 27.5 Å². The lowest BCUT2D eigenvalue weighted by Crippen LogP contribution is -2.47. The minimum Gasteiger partial charge on any atom is -0.326 e. The van der Waals surface area contributed by atoms with Crippen LogP contribution in [0.15, 0.2) is 22.7 Å². The van der Waals surface area contributed by atoms with E-state index in [9.17, 15) is 4.79 Å². The molecular formula is C12H16BrCl2N3O. The molecule has 1 saturated heterocycles. The first-order valence-corrected chi connectivity index (χ1v) is 7.00. The summed E-state index contributed by atoms with van der Waals surface area (Å²) in [5.41, 5.74) is 6.47. The summed E-state index contributed by atoms with van der Waals surface area (Å²) in [5.74, 6) is 0. The van der Waals surface area contributed by atoms with E-state index in [0.717, 1.165) is 23.9 Å². The van der Waals surface area contributed by atoms with Gasteiger partial charge in [0.15, 0.2) is 0 Å². The van der Waals surface area contributed by atoms with Crippen LogP contribution in [0.4, 0.5) is 10.5 Å². The number of rotatable bonds is 1.